The molecule has 1 aromatic heterocycles. The second kappa shape index (κ2) is 8.71. The predicted molar refractivity (Wildman–Crippen MR) is 140 cm³/mol. The Morgan fingerprint density at radius 2 is 1.50 bits per heavy atom. The molecule has 5 nitrogen and oxygen atoms in total. The average Bonchev–Trinajstić information content (AvgIpc) is 2.85. The van der Waals surface area contributed by atoms with Crippen molar-refractivity contribution in [2.75, 3.05) is 11.1 Å². The monoisotopic (exact) mass is 445 g/mol. The number of aromatic amines is 1. The normalized spacial score (nSPS) is 10.9. The van der Waals surface area contributed by atoms with E-state index >= 15 is 0 Å². The summed E-state index contributed by atoms with van der Waals surface area (Å²) in [5.74, 6) is -0.234. The van der Waals surface area contributed by atoms with Gasteiger partial charge < -0.3 is 16.0 Å². The summed E-state index contributed by atoms with van der Waals surface area (Å²) < 4.78 is 0. The standard InChI is InChI=1S/C29H23N3O2/c1-18(19-13-15-20(16-14-19)29(34)32-25-11-5-3-9-23(25)30)17-21-7-6-12-26-27(21)28(33)22-8-2-4-10-24(22)31-26/h2-16H,1,17,30H2,(H,31,33)(H,32,34). The number of aromatic nitrogens is 1. The van der Waals surface area contributed by atoms with Gasteiger partial charge in [-0.3, -0.25) is 9.59 Å². The number of pyridine rings is 1. The molecule has 0 unspecified atom stereocenters. The number of hydrogen-bond acceptors (Lipinski definition) is 3. The number of H-pyrrole nitrogens is 1. The highest BCUT2D eigenvalue weighted by Gasteiger charge is 2.12. The molecule has 4 N–H and O–H groups in total. The molecule has 0 aliphatic heterocycles. The van der Waals surface area contributed by atoms with Crippen LogP contribution in [0.1, 0.15) is 21.5 Å². The molecule has 0 bridgehead atoms. The van der Waals surface area contributed by atoms with Crippen LogP contribution in [-0.4, -0.2) is 10.9 Å². The summed E-state index contributed by atoms with van der Waals surface area (Å²) in [7, 11) is 0. The summed E-state index contributed by atoms with van der Waals surface area (Å²) in [6, 6.07) is 27.8. The quantitative estimate of drug-likeness (QED) is 0.237. The van der Waals surface area contributed by atoms with Crippen molar-refractivity contribution in [3.63, 3.8) is 0 Å². The molecule has 1 amide bonds. The second-order valence-corrected chi connectivity index (χ2v) is 8.24. The third-order valence-electron chi connectivity index (χ3n) is 5.99. The van der Waals surface area contributed by atoms with Crippen LogP contribution < -0.4 is 16.5 Å². The molecule has 0 atom stereocenters. The van der Waals surface area contributed by atoms with Crippen molar-refractivity contribution in [1.29, 1.82) is 0 Å². The number of amides is 1. The van der Waals surface area contributed by atoms with Gasteiger partial charge in [-0.25, -0.2) is 0 Å². The Kier molecular flexibility index (Phi) is 5.44. The van der Waals surface area contributed by atoms with Crippen LogP contribution in [0.5, 0.6) is 0 Å². The fraction of sp³-hybridized carbons (Fsp3) is 0.0345. The third-order valence-corrected chi connectivity index (χ3v) is 5.99. The van der Waals surface area contributed by atoms with Gasteiger partial charge in [0.1, 0.15) is 0 Å². The van der Waals surface area contributed by atoms with E-state index in [4.69, 9.17) is 5.73 Å². The van der Waals surface area contributed by atoms with Gasteiger partial charge in [-0.2, -0.15) is 0 Å². The van der Waals surface area contributed by atoms with E-state index in [1.165, 1.54) is 0 Å². The van der Waals surface area contributed by atoms with Crippen molar-refractivity contribution in [2.24, 2.45) is 0 Å². The first kappa shape index (κ1) is 21.2. The Morgan fingerprint density at radius 3 is 2.29 bits per heavy atom. The van der Waals surface area contributed by atoms with Crippen molar-refractivity contribution in [3.8, 4) is 0 Å². The summed E-state index contributed by atoms with van der Waals surface area (Å²) in [6.07, 6.45) is 0.519. The fourth-order valence-corrected chi connectivity index (χ4v) is 4.18. The van der Waals surface area contributed by atoms with E-state index in [1.807, 2.05) is 66.7 Å². The highest BCUT2D eigenvalue weighted by Crippen LogP contribution is 2.24. The molecule has 0 saturated carbocycles. The Balaban J connectivity index is 1.40. The van der Waals surface area contributed by atoms with Gasteiger partial charge in [0.2, 0.25) is 0 Å². The molecule has 5 rings (SSSR count). The molecule has 0 aliphatic rings. The van der Waals surface area contributed by atoms with E-state index in [0.717, 1.165) is 27.7 Å². The molecule has 0 spiro atoms. The van der Waals surface area contributed by atoms with Gasteiger partial charge in [-0.1, -0.05) is 55.1 Å². The van der Waals surface area contributed by atoms with Crippen LogP contribution in [0.3, 0.4) is 0 Å². The lowest BCUT2D eigenvalue weighted by Gasteiger charge is -2.11. The number of rotatable bonds is 5. The average molecular weight is 446 g/mol. The number of fused-ring (bicyclic) bond motifs is 2. The molecule has 0 aliphatic carbocycles. The minimum absolute atomic E-state index is 0.0138. The molecule has 34 heavy (non-hydrogen) atoms. The molecule has 166 valence electrons. The van der Waals surface area contributed by atoms with Gasteiger partial charge in [0.25, 0.3) is 5.91 Å². The van der Waals surface area contributed by atoms with Crippen LogP contribution in [0.25, 0.3) is 27.4 Å². The third kappa shape index (κ3) is 3.95. The van der Waals surface area contributed by atoms with Crippen LogP contribution in [0.2, 0.25) is 0 Å². The van der Waals surface area contributed by atoms with Gasteiger partial charge in [0, 0.05) is 21.9 Å². The molecule has 4 aromatic carbocycles. The highest BCUT2D eigenvalue weighted by atomic mass is 16.1. The van der Waals surface area contributed by atoms with E-state index in [9.17, 15) is 9.59 Å². The molecule has 0 fully saturated rings. The Bertz CT molecular complexity index is 1620. The van der Waals surface area contributed by atoms with Crippen molar-refractivity contribution in [2.45, 2.75) is 6.42 Å². The lowest BCUT2D eigenvalue weighted by molar-refractivity contribution is 0.102. The Hall–Kier alpha value is -4.64. The Morgan fingerprint density at radius 1 is 0.824 bits per heavy atom. The number of carbonyl (C=O) groups excluding carboxylic acids is 1. The number of carbonyl (C=O) groups is 1. The Labute approximate surface area is 196 Å². The molecule has 5 heteroatoms. The van der Waals surface area contributed by atoms with Crippen LogP contribution in [0, 0.1) is 0 Å². The van der Waals surface area contributed by atoms with Crippen molar-refractivity contribution >= 4 is 44.7 Å². The van der Waals surface area contributed by atoms with E-state index in [1.54, 1.807) is 24.3 Å². The zero-order chi connectivity index (χ0) is 23.7. The SMILES string of the molecule is C=C(Cc1cccc2[nH]c3ccccc3c(=O)c12)c1ccc(C(=O)Nc2ccccc2N)cc1. The van der Waals surface area contributed by atoms with Crippen molar-refractivity contribution in [1.82, 2.24) is 4.98 Å². The lowest BCUT2D eigenvalue weighted by Crippen LogP contribution is -2.13. The van der Waals surface area contributed by atoms with Crippen LogP contribution in [0.15, 0.2) is 102 Å². The smallest absolute Gasteiger partial charge is 0.255 e. The first-order valence-corrected chi connectivity index (χ1v) is 11.0. The number of nitrogens with two attached hydrogens (primary N) is 1. The van der Waals surface area contributed by atoms with Crippen molar-refractivity contribution in [3.05, 3.63) is 124 Å². The first-order chi connectivity index (χ1) is 16.5. The number of anilines is 2. The summed E-state index contributed by atoms with van der Waals surface area (Å²) in [5, 5.41) is 4.18. The number of nitrogen functional groups attached to an aromatic ring is 1. The molecular formula is C29H23N3O2. The van der Waals surface area contributed by atoms with Crippen molar-refractivity contribution < 1.29 is 4.79 Å². The van der Waals surface area contributed by atoms with Gasteiger partial charge in [-0.15, -0.1) is 0 Å². The molecule has 5 aromatic rings. The number of para-hydroxylation sites is 3. The second-order valence-electron chi connectivity index (χ2n) is 8.24. The maximum absolute atomic E-state index is 13.2. The van der Waals surface area contributed by atoms with E-state index < -0.39 is 0 Å². The number of benzene rings is 4. The summed E-state index contributed by atoms with van der Waals surface area (Å²) in [4.78, 5) is 29.2. The number of nitrogens with one attached hydrogen (secondary N) is 2. The largest absolute Gasteiger partial charge is 0.397 e. The van der Waals surface area contributed by atoms with Gasteiger partial charge in [-0.05, 0) is 65.6 Å². The summed E-state index contributed by atoms with van der Waals surface area (Å²) in [6.45, 7) is 4.24. The molecular weight excluding hydrogens is 422 g/mol. The zero-order valence-electron chi connectivity index (χ0n) is 18.5. The van der Waals surface area contributed by atoms with E-state index in [-0.39, 0.29) is 11.3 Å². The topological polar surface area (TPSA) is 88.0 Å². The highest BCUT2D eigenvalue weighted by molar-refractivity contribution is 6.05. The zero-order valence-corrected chi connectivity index (χ0v) is 18.5. The first-order valence-electron chi connectivity index (χ1n) is 11.0. The van der Waals surface area contributed by atoms with E-state index in [2.05, 4.69) is 16.9 Å². The van der Waals surface area contributed by atoms with Crippen LogP contribution in [0.4, 0.5) is 11.4 Å². The maximum Gasteiger partial charge on any atom is 0.255 e. The maximum atomic E-state index is 13.2. The number of allylic oxidation sites excluding steroid dienone is 1. The van der Waals surface area contributed by atoms with Crippen LogP contribution >= 0.6 is 0 Å². The summed E-state index contributed by atoms with van der Waals surface area (Å²) in [5.41, 5.74) is 11.8. The lowest BCUT2D eigenvalue weighted by atomic mass is 9.95. The van der Waals surface area contributed by atoms with Crippen LogP contribution in [-0.2, 0) is 6.42 Å². The fourth-order valence-electron chi connectivity index (χ4n) is 4.18. The molecule has 0 radical (unpaired) electrons. The number of hydrogen-bond donors (Lipinski definition) is 3. The minimum atomic E-state index is -0.234. The summed E-state index contributed by atoms with van der Waals surface area (Å²) >= 11 is 0. The van der Waals surface area contributed by atoms with Gasteiger partial charge >= 0.3 is 0 Å². The molecule has 0 saturated heterocycles. The molecule has 1 heterocycles. The van der Waals surface area contributed by atoms with Gasteiger partial charge in [0.15, 0.2) is 5.43 Å². The van der Waals surface area contributed by atoms with E-state index in [0.29, 0.717) is 34.1 Å². The minimum Gasteiger partial charge on any atom is -0.397 e. The predicted octanol–water partition coefficient (Wildman–Crippen LogP) is 5.77. The van der Waals surface area contributed by atoms with Gasteiger partial charge in [0.05, 0.1) is 16.9 Å².